The normalized spacial score (nSPS) is 13.6. The number of halogens is 1. The minimum absolute atomic E-state index is 0.372. The van der Waals surface area contributed by atoms with Crippen LogP contribution in [0.25, 0.3) is 22.1 Å². The van der Waals surface area contributed by atoms with Gasteiger partial charge >= 0.3 is 5.63 Å². The van der Waals surface area contributed by atoms with Crippen molar-refractivity contribution < 1.29 is 13.9 Å². The standard InChI is InChI=1S/C26H22ClNO4/c1-30-21-9-2-17(3-10-21)12-13-28-15-23-24(31-16-28)11-6-19-14-22(26(29)32-25(19)23)18-4-7-20(27)8-5-18/h2-11,14H,12-13,15-16H2,1H3. The molecule has 0 aliphatic carbocycles. The lowest BCUT2D eigenvalue weighted by atomic mass is 10.0. The first-order valence-corrected chi connectivity index (χ1v) is 10.8. The van der Waals surface area contributed by atoms with Crippen LogP contribution in [0.3, 0.4) is 0 Å². The highest BCUT2D eigenvalue weighted by Gasteiger charge is 2.22. The van der Waals surface area contributed by atoms with E-state index in [2.05, 4.69) is 17.0 Å². The third-order valence-electron chi connectivity index (χ3n) is 5.78. The fourth-order valence-corrected chi connectivity index (χ4v) is 4.12. The highest BCUT2D eigenvalue weighted by Crippen LogP contribution is 2.33. The molecule has 0 unspecified atom stereocenters. The first kappa shape index (κ1) is 20.6. The van der Waals surface area contributed by atoms with Gasteiger partial charge in [0.15, 0.2) is 0 Å². The predicted molar refractivity (Wildman–Crippen MR) is 126 cm³/mol. The van der Waals surface area contributed by atoms with Gasteiger partial charge in [0.1, 0.15) is 23.8 Å². The second-order valence-electron chi connectivity index (χ2n) is 7.84. The van der Waals surface area contributed by atoms with E-state index in [-0.39, 0.29) is 5.63 Å². The summed E-state index contributed by atoms with van der Waals surface area (Å²) >= 11 is 5.98. The molecule has 3 aromatic carbocycles. The molecule has 2 heterocycles. The molecule has 4 aromatic rings. The molecule has 0 radical (unpaired) electrons. The van der Waals surface area contributed by atoms with Crippen LogP contribution in [-0.2, 0) is 13.0 Å². The Morgan fingerprint density at radius 1 is 1.03 bits per heavy atom. The molecule has 1 aliphatic rings. The summed E-state index contributed by atoms with van der Waals surface area (Å²) in [5.74, 6) is 1.61. The molecule has 5 rings (SSSR count). The average molecular weight is 448 g/mol. The Morgan fingerprint density at radius 2 is 1.81 bits per heavy atom. The van der Waals surface area contributed by atoms with Crippen molar-refractivity contribution >= 4 is 22.6 Å². The summed E-state index contributed by atoms with van der Waals surface area (Å²) in [7, 11) is 1.67. The van der Waals surface area contributed by atoms with Crippen molar-refractivity contribution in [2.45, 2.75) is 13.0 Å². The summed E-state index contributed by atoms with van der Waals surface area (Å²) in [6.07, 6.45) is 0.887. The maximum absolute atomic E-state index is 12.8. The lowest BCUT2D eigenvalue weighted by Gasteiger charge is -2.29. The fraction of sp³-hybridized carbons (Fsp3) is 0.192. The van der Waals surface area contributed by atoms with E-state index in [4.69, 9.17) is 25.5 Å². The van der Waals surface area contributed by atoms with Gasteiger partial charge in [-0.15, -0.1) is 0 Å². The number of methoxy groups -OCH3 is 1. The summed E-state index contributed by atoms with van der Waals surface area (Å²) < 4.78 is 17.0. The van der Waals surface area contributed by atoms with Crippen LogP contribution in [0.15, 0.2) is 75.9 Å². The lowest BCUT2D eigenvalue weighted by Crippen LogP contribution is -2.33. The SMILES string of the molecule is COc1ccc(CCN2COc3ccc4cc(-c5ccc(Cl)cc5)c(=O)oc4c3C2)cc1. The maximum atomic E-state index is 12.8. The van der Waals surface area contributed by atoms with Gasteiger partial charge in [0.25, 0.3) is 0 Å². The topological polar surface area (TPSA) is 51.9 Å². The van der Waals surface area contributed by atoms with E-state index in [0.29, 0.717) is 29.4 Å². The minimum Gasteiger partial charge on any atom is -0.497 e. The van der Waals surface area contributed by atoms with E-state index in [1.54, 1.807) is 19.2 Å². The second-order valence-corrected chi connectivity index (χ2v) is 8.28. The van der Waals surface area contributed by atoms with Gasteiger partial charge in [-0.3, -0.25) is 4.90 Å². The molecule has 6 heteroatoms. The van der Waals surface area contributed by atoms with Gasteiger partial charge in [-0.25, -0.2) is 4.79 Å². The number of rotatable bonds is 5. The lowest BCUT2D eigenvalue weighted by molar-refractivity contribution is 0.0968. The molecular weight excluding hydrogens is 426 g/mol. The molecule has 0 fully saturated rings. The number of hydrogen-bond acceptors (Lipinski definition) is 5. The van der Waals surface area contributed by atoms with Crippen molar-refractivity contribution in [3.8, 4) is 22.6 Å². The van der Waals surface area contributed by atoms with Crippen LogP contribution in [0.4, 0.5) is 0 Å². The molecule has 0 bridgehead atoms. The number of benzene rings is 3. The van der Waals surface area contributed by atoms with E-state index in [1.165, 1.54) is 5.56 Å². The zero-order valence-corrected chi connectivity index (χ0v) is 18.4. The Labute approximate surface area is 190 Å². The van der Waals surface area contributed by atoms with Crippen LogP contribution in [-0.4, -0.2) is 25.3 Å². The molecule has 0 N–H and O–H groups in total. The zero-order valence-electron chi connectivity index (χ0n) is 17.6. The van der Waals surface area contributed by atoms with Crippen molar-refractivity contribution in [1.82, 2.24) is 4.90 Å². The molecule has 0 spiro atoms. The van der Waals surface area contributed by atoms with Gasteiger partial charge in [0, 0.05) is 23.5 Å². The van der Waals surface area contributed by atoms with E-state index < -0.39 is 0 Å². The first-order valence-electron chi connectivity index (χ1n) is 10.4. The van der Waals surface area contributed by atoms with E-state index in [9.17, 15) is 4.79 Å². The number of hydrogen-bond donors (Lipinski definition) is 0. The molecule has 0 saturated carbocycles. The quantitative estimate of drug-likeness (QED) is 0.377. The van der Waals surface area contributed by atoms with Gasteiger partial charge in [0.05, 0.1) is 18.2 Å². The largest absolute Gasteiger partial charge is 0.497 e. The smallest absolute Gasteiger partial charge is 0.344 e. The highest BCUT2D eigenvalue weighted by atomic mass is 35.5. The zero-order chi connectivity index (χ0) is 22.1. The molecule has 162 valence electrons. The molecule has 1 aliphatic heterocycles. The highest BCUT2D eigenvalue weighted by molar-refractivity contribution is 6.30. The molecule has 0 amide bonds. The van der Waals surface area contributed by atoms with Crippen molar-refractivity contribution in [2.75, 3.05) is 20.4 Å². The molecule has 32 heavy (non-hydrogen) atoms. The van der Waals surface area contributed by atoms with Gasteiger partial charge in [0.2, 0.25) is 0 Å². The van der Waals surface area contributed by atoms with Gasteiger partial charge in [-0.2, -0.15) is 0 Å². The number of fused-ring (bicyclic) bond motifs is 3. The Bertz CT molecular complexity index is 1310. The predicted octanol–water partition coefficient (Wildman–Crippen LogP) is 5.52. The molecule has 0 saturated heterocycles. The van der Waals surface area contributed by atoms with Crippen LogP contribution in [0.2, 0.25) is 5.02 Å². The van der Waals surface area contributed by atoms with Gasteiger partial charge in [-0.05, 0) is 60.0 Å². The van der Waals surface area contributed by atoms with E-state index in [1.807, 2.05) is 42.5 Å². The first-order chi connectivity index (χ1) is 15.6. The molecular formula is C26H22ClNO4. The van der Waals surface area contributed by atoms with Gasteiger partial charge < -0.3 is 13.9 Å². The summed E-state index contributed by atoms with van der Waals surface area (Å²) in [5.41, 5.74) is 3.64. The van der Waals surface area contributed by atoms with Crippen LogP contribution in [0.5, 0.6) is 11.5 Å². The Hall–Kier alpha value is -3.28. The summed E-state index contributed by atoms with van der Waals surface area (Å²) in [6, 6.07) is 21.0. The maximum Gasteiger partial charge on any atom is 0.344 e. The van der Waals surface area contributed by atoms with Crippen molar-refractivity contribution in [1.29, 1.82) is 0 Å². The van der Waals surface area contributed by atoms with Crippen LogP contribution < -0.4 is 15.1 Å². The average Bonchev–Trinajstić information content (AvgIpc) is 2.83. The van der Waals surface area contributed by atoms with Crippen LogP contribution in [0.1, 0.15) is 11.1 Å². The third kappa shape index (κ3) is 4.09. The van der Waals surface area contributed by atoms with Crippen molar-refractivity contribution in [3.63, 3.8) is 0 Å². The summed E-state index contributed by atoms with van der Waals surface area (Å²) in [4.78, 5) is 15.0. The summed E-state index contributed by atoms with van der Waals surface area (Å²) in [5, 5.41) is 1.49. The number of ether oxygens (including phenoxy) is 2. The molecule has 1 aromatic heterocycles. The fourth-order valence-electron chi connectivity index (χ4n) is 3.99. The van der Waals surface area contributed by atoms with Gasteiger partial charge in [-0.1, -0.05) is 35.9 Å². The van der Waals surface area contributed by atoms with Crippen LogP contribution in [0, 0.1) is 0 Å². The van der Waals surface area contributed by atoms with Crippen molar-refractivity contribution in [3.05, 3.63) is 93.3 Å². The Kier molecular flexibility index (Phi) is 5.60. The molecule has 0 atom stereocenters. The Balaban J connectivity index is 1.40. The Morgan fingerprint density at radius 3 is 2.56 bits per heavy atom. The monoisotopic (exact) mass is 447 g/mol. The minimum atomic E-state index is -0.372. The van der Waals surface area contributed by atoms with Crippen LogP contribution >= 0.6 is 11.6 Å². The summed E-state index contributed by atoms with van der Waals surface area (Å²) in [6.45, 7) is 1.99. The second kappa shape index (κ2) is 8.69. The van der Waals surface area contributed by atoms with E-state index in [0.717, 1.165) is 41.0 Å². The van der Waals surface area contributed by atoms with E-state index >= 15 is 0 Å². The van der Waals surface area contributed by atoms with Crippen molar-refractivity contribution in [2.24, 2.45) is 0 Å². The third-order valence-corrected chi connectivity index (χ3v) is 6.03. The number of nitrogens with zero attached hydrogens (tertiary/aromatic N) is 1. The molecule has 5 nitrogen and oxygen atoms in total.